The van der Waals surface area contributed by atoms with Crippen molar-refractivity contribution >= 4 is 23.3 Å². The number of imide groups is 1. The molecular formula is C16H24N4O2. The molecule has 22 heavy (non-hydrogen) atoms. The lowest BCUT2D eigenvalue weighted by molar-refractivity contribution is -0.125. The number of carbonyl (C=O) groups is 2. The fourth-order valence-electron chi connectivity index (χ4n) is 3.29. The Morgan fingerprint density at radius 2 is 2.09 bits per heavy atom. The van der Waals surface area contributed by atoms with Crippen molar-refractivity contribution < 1.29 is 9.59 Å². The lowest BCUT2D eigenvalue weighted by Gasteiger charge is -2.33. The molecule has 120 valence electrons. The van der Waals surface area contributed by atoms with Crippen molar-refractivity contribution in [1.29, 1.82) is 0 Å². The molecule has 1 aromatic rings. The van der Waals surface area contributed by atoms with Gasteiger partial charge in [0.25, 0.3) is 5.91 Å². The Bertz CT molecular complexity index is 603. The summed E-state index contributed by atoms with van der Waals surface area (Å²) in [6, 6.07) is 1.97. The van der Waals surface area contributed by atoms with E-state index >= 15 is 0 Å². The van der Waals surface area contributed by atoms with E-state index in [1.54, 1.807) is 7.05 Å². The normalized spacial score (nSPS) is 19.1. The van der Waals surface area contributed by atoms with Crippen LogP contribution < -0.4 is 10.2 Å². The number of hydrogen-bond acceptors (Lipinski definition) is 4. The molecule has 0 atom stereocenters. The maximum absolute atomic E-state index is 12.4. The van der Waals surface area contributed by atoms with Gasteiger partial charge in [0.15, 0.2) is 0 Å². The number of piperidine rings is 1. The van der Waals surface area contributed by atoms with Gasteiger partial charge in [0.05, 0.1) is 5.69 Å². The van der Waals surface area contributed by atoms with Crippen molar-refractivity contribution in [1.82, 2.24) is 9.88 Å². The third kappa shape index (κ3) is 2.58. The zero-order valence-corrected chi connectivity index (χ0v) is 13.5. The molecule has 0 radical (unpaired) electrons. The molecular weight excluding hydrogens is 280 g/mol. The second kappa shape index (κ2) is 5.34. The highest BCUT2D eigenvalue weighted by Crippen LogP contribution is 2.52. The fraction of sp³-hybridized carbons (Fsp3) is 0.625. The summed E-state index contributed by atoms with van der Waals surface area (Å²) in [5, 5.41) is 3.05. The molecule has 1 saturated carbocycles. The monoisotopic (exact) mass is 304 g/mol. The van der Waals surface area contributed by atoms with Crippen molar-refractivity contribution in [2.45, 2.75) is 32.6 Å². The van der Waals surface area contributed by atoms with E-state index in [2.05, 4.69) is 15.2 Å². The predicted molar refractivity (Wildman–Crippen MR) is 86.2 cm³/mol. The molecule has 1 saturated heterocycles. The molecule has 2 fully saturated rings. The Morgan fingerprint density at radius 1 is 1.36 bits per heavy atom. The van der Waals surface area contributed by atoms with Crippen LogP contribution >= 0.6 is 0 Å². The lowest BCUT2D eigenvalue weighted by atomic mass is 9.95. The summed E-state index contributed by atoms with van der Waals surface area (Å²) in [6.07, 6.45) is 5.16. The first-order valence-electron chi connectivity index (χ1n) is 7.90. The lowest BCUT2D eigenvalue weighted by Crippen LogP contribution is -2.36. The standard InChI is InChI=1S/C16H24N4O2/c1-11(21)19(3)15(22)14-12(17-2)9-13(18-14)20-8-4-5-16(10-20)6-7-16/h9,17-18H,4-8,10H2,1-3H3. The van der Waals surface area contributed by atoms with Crippen LogP contribution in [0.1, 0.15) is 43.1 Å². The molecule has 6 heteroatoms. The van der Waals surface area contributed by atoms with Gasteiger partial charge >= 0.3 is 0 Å². The average molecular weight is 304 g/mol. The van der Waals surface area contributed by atoms with Crippen LogP contribution in [0.4, 0.5) is 11.5 Å². The smallest absolute Gasteiger partial charge is 0.278 e. The van der Waals surface area contributed by atoms with Gasteiger partial charge < -0.3 is 15.2 Å². The first-order valence-corrected chi connectivity index (χ1v) is 7.90. The third-order valence-corrected chi connectivity index (χ3v) is 5.02. The number of amides is 2. The summed E-state index contributed by atoms with van der Waals surface area (Å²) in [4.78, 5) is 30.5. The molecule has 2 heterocycles. The number of hydrogen-bond donors (Lipinski definition) is 2. The second-order valence-corrected chi connectivity index (χ2v) is 6.60. The molecule has 1 aromatic heterocycles. The van der Waals surface area contributed by atoms with Gasteiger partial charge in [-0.15, -0.1) is 0 Å². The van der Waals surface area contributed by atoms with Crippen LogP contribution in [0, 0.1) is 5.41 Å². The molecule has 0 aromatic carbocycles. The minimum atomic E-state index is -0.304. The molecule has 1 aliphatic carbocycles. The maximum atomic E-state index is 12.4. The molecule has 2 amide bonds. The number of anilines is 2. The van der Waals surface area contributed by atoms with Gasteiger partial charge in [-0.25, -0.2) is 0 Å². The number of nitrogens with one attached hydrogen (secondary N) is 2. The van der Waals surface area contributed by atoms with Crippen molar-refractivity contribution in [3.63, 3.8) is 0 Å². The highest BCUT2D eigenvalue weighted by Gasteiger charge is 2.45. The molecule has 2 aliphatic rings. The van der Waals surface area contributed by atoms with E-state index in [0.717, 1.165) is 29.5 Å². The molecule has 1 aliphatic heterocycles. The van der Waals surface area contributed by atoms with E-state index in [1.165, 1.54) is 39.7 Å². The number of aromatic nitrogens is 1. The van der Waals surface area contributed by atoms with Crippen LogP contribution in [-0.2, 0) is 4.79 Å². The Balaban J connectivity index is 1.84. The Morgan fingerprint density at radius 3 is 2.68 bits per heavy atom. The van der Waals surface area contributed by atoms with E-state index in [1.807, 2.05) is 6.07 Å². The van der Waals surface area contributed by atoms with Gasteiger partial charge in [-0.1, -0.05) is 0 Å². The molecule has 1 spiro atoms. The Hall–Kier alpha value is -1.98. The van der Waals surface area contributed by atoms with Crippen molar-refractivity contribution in [2.75, 3.05) is 37.4 Å². The van der Waals surface area contributed by atoms with Gasteiger partial charge in [0.1, 0.15) is 11.5 Å². The number of aromatic amines is 1. The second-order valence-electron chi connectivity index (χ2n) is 6.60. The van der Waals surface area contributed by atoms with Crippen LogP contribution in [0.15, 0.2) is 6.07 Å². The highest BCUT2D eigenvalue weighted by molar-refractivity contribution is 6.06. The minimum absolute atomic E-state index is 0.266. The zero-order chi connectivity index (χ0) is 15.9. The number of rotatable bonds is 3. The van der Waals surface area contributed by atoms with Gasteiger partial charge in [-0.3, -0.25) is 14.5 Å². The van der Waals surface area contributed by atoms with Gasteiger partial charge in [0.2, 0.25) is 5.91 Å². The summed E-state index contributed by atoms with van der Waals surface area (Å²) in [7, 11) is 3.29. The molecule has 0 bridgehead atoms. The van der Waals surface area contributed by atoms with Crippen LogP contribution in [0.3, 0.4) is 0 Å². The molecule has 0 unspecified atom stereocenters. The molecule has 2 N–H and O–H groups in total. The van der Waals surface area contributed by atoms with Crippen molar-refractivity contribution in [3.8, 4) is 0 Å². The van der Waals surface area contributed by atoms with Crippen LogP contribution in [-0.4, -0.2) is 48.9 Å². The summed E-state index contributed by atoms with van der Waals surface area (Å²) in [5.74, 6) is 0.398. The van der Waals surface area contributed by atoms with E-state index in [9.17, 15) is 9.59 Å². The molecule has 3 rings (SSSR count). The van der Waals surface area contributed by atoms with Crippen LogP contribution in [0.25, 0.3) is 0 Å². The van der Waals surface area contributed by atoms with Gasteiger partial charge in [-0.2, -0.15) is 0 Å². The summed E-state index contributed by atoms with van der Waals surface area (Å²) < 4.78 is 0. The fourth-order valence-corrected chi connectivity index (χ4v) is 3.29. The largest absolute Gasteiger partial charge is 0.386 e. The predicted octanol–water partition coefficient (Wildman–Crippen LogP) is 2.06. The topological polar surface area (TPSA) is 68.4 Å². The van der Waals surface area contributed by atoms with Crippen molar-refractivity contribution in [3.05, 3.63) is 11.8 Å². The number of carbonyl (C=O) groups excluding carboxylic acids is 2. The summed E-state index contributed by atoms with van der Waals surface area (Å²) >= 11 is 0. The first kappa shape index (κ1) is 14.9. The van der Waals surface area contributed by atoms with E-state index < -0.39 is 0 Å². The quantitative estimate of drug-likeness (QED) is 0.897. The first-order chi connectivity index (χ1) is 10.5. The summed E-state index contributed by atoms with van der Waals surface area (Å²) in [6.45, 7) is 3.47. The SMILES string of the molecule is CNc1cc(N2CCCC3(CC3)C2)[nH]c1C(=O)N(C)C(C)=O. The van der Waals surface area contributed by atoms with Gasteiger partial charge in [0, 0.05) is 40.2 Å². The Kier molecular flexibility index (Phi) is 3.62. The minimum Gasteiger partial charge on any atom is -0.386 e. The van der Waals surface area contributed by atoms with E-state index in [0.29, 0.717) is 11.1 Å². The number of nitrogens with zero attached hydrogens (tertiary/aromatic N) is 2. The van der Waals surface area contributed by atoms with Crippen LogP contribution in [0.5, 0.6) is 0 Å². The number of H-pyrrole nitrogens is 1. The maximum Gasteiger partial charge on any atom is 0.278 e. The highest BCUT2D eigenvalue weighted by atomic mass is 16.2. The molecule has 6 nitrogen and oxygen atoms in total. The third-order valence-electron chi connectivity index (χ3n) is 5.02. The zero-order valence-electron chi connectivity index (χ0n) is 13.5. The van der Waals surface area contributed by atoms with Gasteiger partial charge in [-0.05, 0) is 31.1 Å². The summed E-state index contributed by atoms with van der Waals surface area (Å²) in [5.41, 5.74) is 1.71. The van der Waals surface area contributed by atoms with E-state index in [-0.39, 0.29) is 11.8 Å². The van der Waals surface area contributed by atoms with Crippen LogP contribution in [0.2, 0.25) is 0 Å². The average Bonchev–Trinajstić information content (AvgIpc) is 3.11. The van der Waals surface area contributed by atoms with E-state index in [4.69, 9.17) is 0 Å². The van der Waals surface area contributed by atoms with Crippen molar-refractivity contribution in [2.24, 2.45) is 5.41 Å². The Labute approximate surface area is 130 Å².